The molecule has 0 radical (unpaired) electrons. The van der Waals surface area contributed by atoms with Crippen molar-refractivity contribution in [2.24, 2.45) is 0 Å². The largest absolute Gasteiger partial charge is 0.416 e. The standard InChI is InChI=1S/C21H18F6O2/c1-29-19-8-6-12-9-14(5-7-16(12)19)18(28)11-17(21(25,26)27)13-3-2-4-15(10-13)20(22,23)24/h2-5,7,9-10,17,19H,6,8,11H2,1H3/t17-,19?/m0/s1. The van der Waals surface area contributed by atoms with E-state index in [0.29, 0.717) is 18.6 Å². The van der Waals surface area contributed by atoms with Crippen molar-refractivity contribution in [2.75, 3.05) is 7.11 Å². The van der Waals surface area contributed by atoms with Crippen molar-refractivity contribution in [1.82, 2.24) is 0 Å². The lowest BCUT2D eigenvalue weighted by Gasteiger charge is -2.21. The number of ether oxygens (including phenoxy) is 1. The van der Waals surface area contributed by atoms with Gasteiger partial charge in [-0.25, -0.2) is 0 Å². The number of halogens is 6. The van der Waals surface area contributed by atoms with Gasteiger partial charge < -0.3 is 4.74 Å². The molecule has 0 aromatic heterocycles. The smallest absolute Gasteiger partial charge is 0.377 e. The highest BCUT2D eigenvalue weighted by molar-refractivity contribution is 5.97. The summed E-state index contributed by atoms with van der Waals surface area (Å²) in [5.74, 6) is -3.09. The average molecular weight is 416 g/mol. The highest BCUT2D eigenvalue weighted by Crippen LogP contribution is 2.41. The molecule has 0 saturated heterocycles. The number of methoxy groups -OCH3 is 1. The molecule has 0 bridgehead atoms. The summed E-state index contributed by atoms with van der Waals surface area (Å²) in [6.07, 6.45) is -9.34. The first-order valence-corrected chi connectivity index (χ1v) is 8.93. The zero-order chi connectivity index (χ0) is 21.4. The van der Waals surface area contributed by atoms with Gasteiger partial charge in [0, 0.05) is 19.1 Å². The number of hydrogen-bond donors (Lipinski definition) is 0. The minimum Gasteiger partial charge on any atom is -0.377 e. The first-order valence-electron chi connectivity index (χ1n) is 8.93. The molecule has 1 aliphatic carbocycles. The molecule has 0 aliphatic heterocycles. The molecule has 0 heterocycles. The van der Waals surface area contributed by atoms with Gasteiger partial charge in [-0.2, -0.15) is 26.3 Å². The summed E-state index contributed by atoms with van der Waals surface area (Å²) in [6.45, 7) is 0. The third-order valence-corrected chi connectivity index (χ3v) is 5.17. The van der Waals surface area contributed by atoms with Crippen LogP contribution >= 0.6 is 0 Å². The van der Waals surface area contributed by atoms with Crippen molar-refractivity contribution in [2.45, 2.75) is 43.6 Å². The molecule has 0 N–H and O–H groups in total. The molecule has 0 fully saturated rings. The molecular formula is C21H18F6O2. The van der Waals surface area contributed by atoms with Crippen LogP contribution in [0, 0.1) is 0 Å². The molecule has 1 unspecified atom stereocenters. The predicted octanol–water partition coefficient (Wildman–Crippen LogP) is 6.26. The van der Waals surface area contributed by atoms with Crippen molar-refractivity contribution in [3.8, 4) is 0 Å². The van der Waals surface area contributed by atoms with Crippen molar-refractivity contribution < 1.29 is 35.9 Å². The van der Waals surface area contributed by atoms with Gasteiger partial charge in [0.15, 0.2) is 5.78 Å². The Labute approximate surface area is 163 Å². The molecule has 29 heavy (non-hydrogen) atoms. The van der Waals surface area contributed by atoms with Gasteiger partial charge in [0.2, 0.25) is 0 Å². The van der Waals surface area contributed by atoms with Crippen LogP contribution in [0.3, 0.4) is 0 Å². The van der Waals surface area contributed by atoms with Crippen LogP contribution in [0.2, 0.25) is 0 Å². The fraction of sp³-hybridized carbons (Fsp3) is 0.381. The van der Waals surface area contributed by atoms with Gasteiger partial charge in [0.1, 0.15) is 0 Å². The second-order valence-corrected chi connectivity index (χ2v) is 7.02. The van der Waals surface area contributed by atoms with E-state index in [0.717, 1.165) is 29.7 Å². The Morgan fingerprint density at radius 3 is 2.45 bits per heavy atom. The highest BCUT2D eigenvalue weighted by atomic mass is 19.4. The van der Waals surface area contributed by atoms with E-state index in [2.05, 4.69) is 0 Å². The van der Waals surface area contributed by atoms with Crippen molar-refractivity contribution >= 4 is 5.78 Å². The first-order chi connectivity index (χ1) is 13.5. The summed E-state index contributed by atoms with van der Waals surface area (Å²) in [7, 11) is 1.56. The van der Waals surface area contributed by atoms with Gasteiger partial charge in [-0.15, -0.1) is 0 Å². The van der Waals surface area contributed by atoms with Gasteiger partial charge in [0.25, 0.3) is 0 Å². The third-order valence-electron chi connectivity index (χ3n) is 5.17. The molecule has 0 amide bonds. The summed E-state index contributed by atoms with van der Waals surface area (Å²) in [6, 6.07) is 7.70. The molecule has 3 rings (SSSR count). The molecule has 1 aliphatic rings. The number of rotatable bonds is 5. The van der Waals surface area contributed by atoms with Crippen LogP contribution in [0.25, 0.3) is 0 Å². The van der Waals surface area contributed by atoms with E-state index in [1.807, 2.05) is 0 Å². The number of Topliss-reactive ketones (excluding diaryl/α,β-unsaturated/α-hetero) is 1. The van der Waals surface area contributed by atoms with Crippen LogP contribution in [0.1, 0.15) is 57.5 Å². The maximum atomic E-state index is 13.6. The van der Waals surface area contributed by atoms with Crippen LogP contribution in [0.15, 0.2) is 42.5 Å². The Bertz CT molecular complexity index is 901. The predicted molar refractivity (Wildman–Crippen MR) is 93.7 cm³/mol. The Morgan fingerprint density at radius 2 is 1.83 bits per heavy atom. The SMILES string of the molecule is COC1CCc2cc(C(=O)C[C@@H](c3cccc(C(F)(F)F)c3)C(F)(F)F)ccc21. The summed E-state index contributed by atoms with van der Waals surface area (Å²) in [5, 5.41) is 0. The lowest BCUT2D eigenvalue weighted by atomic mass is 9.89. The van der Waals surface area contributed by atoms with Crippen LogP contribution in [-0.2, 0) is 17.3 Å². The monoisotopic (exact) mass is 416 g/mol. The number of alkyl halides is 6. The van der Waals surface area contributed by atoms with Crippen LogP contribution in [0.5, 0.6) is 0 Å². The number of fused-ring (bicyclic) bond motifs is 1. The number of carbonyl (C=O) groups excluding carboxylic acids is 1. The molecular weight excluding hydrogens is 398 g/mol. The normalized spacial score (nSPS) is 17.8. The minimum atomic E-state index is -4.86. The topological polar surface area (TPSA) is 26.3 Å². The Hall–Kier alpha value is -2.35. The maximum absolute atomic E-state index is 13.6. The summed E-state index contributed by atoms with van der Waals surface area (Å²) in [4.78, 5) is 12.6. The molecule has 2 aromatic carbocycles. The number of hydrogen-bond acceptors (Lipinski definition) is 2. The fourth-order valence-electron chi connectivity index (χ4n) is 3.65. The van der Waals surface area contributed by atoms with Crippen molar-refractivity contribution in [3.63, 3.8) is 0 Å². The number of aryl methyl sites for hydroxylation is 1. The Kier molecular flexibility index (Phi) is 5.76. The number of benzene rings is 2. The second kappa shape index (κ2) is 7.82. The summed E-state index contributed by atoms with van der Waals surface area (Å²) >= 11 is 0. The van der Waals surface area contributed by atoms with E-state index in [-0.39, 0.29) is 11.7 Å². The molecule has 2 nitrogen and oxygen atoms in total. The van der Waals surface area contributed by atoms with E-state index in [1.165, 1.54) is 6.07 Å². The van der Waals surface area contributed by atoms with E-state index in [1.54, 1.807) is 19.2 Å². The molecule has 2 atom stereocenters. The van der Waals surface area contributed by atoms with E-state index in [9.17, 15) is 31.1 Å². The minimum absolute atomic E-state index is 0.109. The summed E-state index contributed by atoms with van der Waals surface area (Å²) < 4.78 is 84.7. The molecule has 0 spiro atoms. The quantitative estimate of drug-likeness (QED) is 0.425. The van der Waals surface area contributed by atoms with Crippen molar-refractivity contribution in [3.05, 3.63) is 70.3 Å². The first kappa shape index (κ1) is 21.4. The maximum Gasteiger partial charge on any atom is 0.416 e. The van der Waals surface area contributed by atoms with E-state index >= 15 is 0 Å². The van der Waals surface area contributed by atoms with Crippen LogP contribution in [0.4, 0.5) is 26.3 Å². The Balaban J connectivity index is 1.88. The van der Waals surface area contributed by atoms with Gasteiger partial charge in [-0.05, 0) is 41.7 Å². The van der Waals surface area contributed by atoms with E-state index < -0.39 is 41.6 Å². The average Bonchev–Trinajstić information content (AvgIpc) is 3.06. The van der Waals surface area contributed by atoms with Crippen LogP contribution < -0.4 is 0 Å². The lowest BCUT2D eigenvalue weighted by Crippen LogP contribution is -2.24. The number of carbonyl (C=O) groups is 1. The number of ketones is 1. The van der Waals surface area contributed by atoms with Gasteiger partial charge >= 0.3 is 12.4 Å². The lowest BCUT2D eigenvalue weighted by molar-refractivity contribution is -0.150. The summed E-state index contributed by atoms with van der Waals surface area (Å²) in [5.41, 5.74) is 0.0856. The van der Waals surface area contributed by atoms with E-state index in [4.69, 9.17) is 4.74 Å². The molecule has 0 saturated carbocycles. The molecule has 2 aromatic rings. The zero-order valence-corrected chi connectivity index (χ0v) is 15.4. The van der Waals surface area contributed by atoms with Crippen molar-refractivity contribution in [1.29, 1.82) is 0 Å². The molecule has 156 valence electrons. The second-order valence-electron chi connectivity index (χ2n) is 7.02. The van der Waals surface area contributed by atoms with Gasteiger partial charge in [-0.1, -0.05) is 30.3 Å². The van der Waals surface area contributed by atoms with Gasteiger partial charge in [-0.3, -0.25) is 4.79 Å². The van der Waals surface area contributed by atoms with Gasteiger partial charge in [0.05, 0.1) is 17.6 Å². The highest BCUT2D eigenvalue weighted by Gasteiger charge is 2.43. The molecule has 8 heteroatoms. The zero-order valence-electron chi connectivity index (χ0n) is 15.4. The Morgan fingerprint density at radius 1 is 1.10 bits per heavy atom. The fourth-order valence-corrected chi connectivity index (χ4v) is 3.65. The third kappa shape index (κ3) is 4.63. The van der Waals surface area contributed by atoms with Crippen LogP contribution in [-0.4, -0.2) is 19.1 Å².